The van der Waals surface area contributed by atoms with Crippen LogP contribution in [0.15, 0.2) is 24.3 Å². The Bertz CT molecular complexity index is 870. The molecule has 1 N–H and O–H groups in total. The smallest absolute Gasteiger partial charge is 0.429 e. The molecule has 1 aromatic carbocycles. The first-order chi connectivity index (χ1) is 13.3. The van der Waals surface area contributed by atoms with E-state index in [0.29, 0.717) is 11.3 Å². The van der Waals surface area contributed by atoms with Crippen LogP contribution in [0, 0.1) is 6.92 Å². The molecule has 160 valence electrons. The van der Waals surface area contributed by atoms with Crippen molar-refractivity contribution in [3.05, 3.63) is 46.2 Å². The van der Waals surface area contributed by atoms with Gasteiger partial charge in [0.15, 0.2) is 0 Å². The highest BCUT2D eigenvalue weighted by molar-refractivity contribution is 6.34. The molecule has 0 spiro atoms. The van der Waals surface area contributed by atoms with Crippen molar-refractivity contribution in [2.24, 2.45) is 7.05 Å². The Balaban J connectivity index is 1.97. The highest BCUT2D eigenvalue weighted by Gasteiger charge is 2.50. The zero-order valence-corrected chi connectivity index (χ0v) is 15.6. The minimum Gasteiger partial charge on any atom is -0.429 e. The number of rotatable bonds is 7. The summed E-state index contributed by atoms with van der Waals surface area (Å²) in [4.78, 5) is 12.2. The molecule has 0 fully saturated rings. The fourth-order valence-corrected chi connectivity index (χ4v) is 2.46. The predicted molar refractivity (Wildman–Crippen MR) is 88.2 cm³/mol. The molecule has 0 bridgehead atoms. The Hall–Kier alpha value is -2.47. The monoisotopic (exact) mass is 445 g/mol. The number of amides is 1. The van der Waals surface area contributed by atoms with E-state index < -0.39 is 30.5 Å². The second kappa shape index (κ2) is 8.49. The number of nitrogens with one attached hydrogen (secondary N) is 1. The van der Waals surface area contributed by atoms with Crippen LogP contribution in [0.2, 0.25) is 5.02 Å². The van der Waals surface area contributed by atoms with Crippen LogP contribution in [0.5, 0.6) is 5.75 Å². The maximum absolute atomic E-state index is 13.4. The number of hydrogen-bond acceptors (Lipinski definition) is 4. The lowest BCUT2D eigenvalue weighted by atomic mass is 10.2. The van der Waals surface area contributed by atoms with E-state index >= 15 is 0 Å². The average Bonchev–Trinajstić information content (AvgIpc) is 2.84. The fraction of sp³-hybridized carbons (Fsp3) is 0.375. The van der Waals surface area contributed by atoms with Crippen molar-refractivity contribution in [3.63, 3.8) is 0 Å². The van der Waals surface area contributed by atoms with Gasteiger partial charge in [-0.2, -0.15) is 13.9 Å². The van der Waals surface area contributed by atoms with Crippen molar-refractivity contribution in [3.8, 4) is 5.75 Å². The van der Waals surface area contributed by atoms with Crippen LogP contribution < -0.4 is 10.1 Å². The van der Waals surface area contributed by atoms with E-state index in [4.69, 9.17) is 11.6 Å². The normalized spacial score (nSPS) is 13.3. The van der Waals surface area contributed by atoms with E-state index in [1.54, 1.807) is 6.92 Å². The number of hydrogen-bond donors (Lipinski definition) is 1. The summed E-state index contributed by atoms with van der Waals surface area (Å²) in [6, 6.07) is 4.44. The van der Waals surface area contributed by atoms with Gasteiger partial charge in [0.25, 0.3) is 5.91 Å². The lowest BCUT2D eigenvalue weighted by molar-refractivity contribution is -0.411. The number of ether oxygens (including phenoxy) is 2. The standard InChI is InChI=1S/C16H14ClF6N3O3/c1-8-11(17)12(26(2)25-8)13(27)24-7-9-3-5-10(6-4-9)28-15(19,20)14(18)29-16(21,22)23/h3-6,14H,7H2,1-2H3,(H,24,27). The van der Waals surface area contributed by atoms with E-state index in [1.165, 1.54) is 23.9 Å². The number of carbonyl (C=O) groups excluding carboxylic acids is 1. The SMILES string of the molecule is Cc1nn(C)c(C(=O)NCc2ccc(OC(F)(F)C(F)OC(F)(F)F)cc2)c1Cl. The van der Waals surface area contributed by atoms with Gasteiger partial charge in [-0.05, 0) is 24.6 Å². The lowest BCUT2D eigenvalue weighted by Gasteiger charge is -2.22. The molecule has 1 atom stereocenters. The van der Waals surface area contributed by atoms with Crippen molar-refractivity contribution in [2.75, 3.05) is 0 Å². The molecule has 0 aliphatic heterocycles. The number of alkyl halides is 6. The van der Waals surface area contributed by atoms with Gasteiger partial charge in [0.1, 0.15) is 11.4 Å². The van der Waals surface area contributed by atoms with Crippen LogP contribution in [-0.4, -0.2) is 34.5 Å². The van der Waals surface area contributed by atoms with Crippen LogP contribution in [-0.2, 0) is 18.3 Å². The largest absolute Gasteiger partial charge is 0.525 e. The van der Waals surface area contributed by atoms with Crippen LogP contribution in [0.3, 0.4) is 0 Å². The van der Waals surface area contributed by atoms with Gasteiger partial charge in [-0.15, -0.1) is 13.2 Å². The van der Waals surface area contributed by atoms with Crippen molar-refractivity contribution >= 4 is 17.5 Å². The van der Waals surface area contributed by atoms with Crippen molar-refractivity contribution in [1.29, 1.82) is 0 Å². The maximum Gasteiger partial charge on any atom is 0.525 e. The molecule has 0 radical (unpaired) electrons. The van der Waals surface area contributed by atoms with Gasteiger partial charge >= 0.3 is 18.8 Å². The Kier molecular flexibility index (Phi) is 6.68. The molecule has 2 aromatic rings. The molecule has 2 rings (SSSR count). The summed E-state index contributed by atoms with van der Waals surface area (Å²) in [6.45, 7) is 1.59. The third-order valence-corrected chi connectivity index (χ3v) is 3.95. The van der Waals surface area contributed by atoms with Crippen LogP contribution in [0.25, 0.3) is 0 Å². The summed E-state index contributed by atoms with van der Waals surface area (Å²) >= 11 is 6.00. The summed E-state index contributed by atoms with van der Waals surface area (Å²) in [5, 5.41) is 6.72. The first-order valence-corrected chi connectivity index (χ1v) is 8.19. The van der Waals surface area contributed by atoms with Gasteiger partial charge in [0, 0.05) is 13.6 Å². The highest BCUT2D eigenvalue weighted by atomic mass is 35.5. The van der Waals surface area contributed by atoms with Gasteiger partial charge in [-0.25, -0.2) is 9.13 Å². The lowest BCUT2D eigenvalue weighted by Crippen LogP contribution is -2.41. The van der Waals surface area contributed by atoms with Gasteiger partial charge < -0.3 is 10.1 Å². The van der Waals surface area contributed by atoms with Crippen LogP contribution in [0.4, 0.5) is 26.3 Å². The van der Waals surface area contributed by atoms with E-state index in [2.05, 4.69) is 19.9 Å². The van der Waals surface area contributed by atoms with Gasteiger partial charge in [-0.3, -0.25) is 9.48 Å². The summed E-state index contributed by atoms with van der Waals surface area (Å²) in [5.41, 5.74) is 1.03. The molecule has 1 unspecified atom stereocenters. The molecule has 1 aromatic heterocycles. The topological polar surface area (TPSA) is 65.4 Å². The zero-order valence-electron chi connectivity index (χ0n) is 14.9. The van der Waals surface area contributed by atoms with E-state index in [0.717, 1.165) is 12.1 Å². The molecule has 0 saturated heterocycles. The van der Waals surface area contributed by atoms with Gasteiger partial charge in [0.2, 0.25) is 0 Å². The van der Waals surface area contributed by atoms with E-state index in [9.17, 15) is 31.1 Å². The van der Waals surface area contributed by atoms with E-state index in [1.807, 2.05) is 0 Å². The summed E-state index contributed by atoms with van der Waals surface area (Å²) in [7, 11) is 1.53. The summed E-state index contributed by atoms with van der Waals surface area (Å²) in [6.07, 6.45) is -14.5. The number of aryl methyl sites for hydroxylation is 2. The molecule has 0 aliphatic carbocycles. The second-order valence-electron chi connectivity index (χ2n) is 5.74. The van der Waals surface area contributed by atoms with E-state index in [-0.39, 0.29) is 17.3 Å². The third-order valence-electron chi connectivity index (χ3n) is 3.50. The second-order valence-corrected chi connectivity index (χ2v) is 6.12. The molecular formula is C16H14ClF6N3O3. The number of halogens is 7. The minimum atomic E-state index is -5.59. The summed E-state index contributed by atoms with van der Waals surface area (Å²) in [5.74, 6) is -1.14. The van der Waals surface area contributed by atoms with Crippen molar-refractivity contribution in [1.82, 2.24) is 15.1 Å². The highest BCUT2D eigenvalue weighted by Crippen LogP contribution is 2.31. The molecule has 1 heterocycles. The first kappa shape index (κ1) is 22.8. The number of benzene rings is 1. The molecule has 29 heavy (non-hydrogen) atoms. The average molecular weight is 446 g/mol. The number of carbonyl (C=O) groups is 1. The molecule has 0 aliphatic rings. The number of aromatic nitrogens is 2. The van der Waals surface area contributed by atoms with Crippen molar-refractivity contribution < 1.29 is 40.6 Å². The third kappa shape index (κ3) is 6.00. The van der Waals surface area contributed by atoms with Crippen LogP contribution >= 0.6 is 11.6 Å². The minimum absolute atomic E-state index is 0.0288. The Labute approximate surface area is 165 Å². The fourth-order valence-electron chi connectivity index (χ4n) is 2.21. The van der Waals surface area contributed by atoms with Crippen LogP contribution in [0.1, 0.15) is 21.7 Å². The maximum atomic E-state index is 13.4. The zero-order chi connectivity index (χ0) is 22.0. The Morgan fingerprint density at radius 1 is 1.24 bits per heavy atom. The van der Waals surface area contributed by atoms with Crippen molar-refractivity contribution in [2.45, 2.75) is 32.3 Å². The Morgan fingerprint density at radius 2 is 1.83 bits per heavy atom. The first-order valence-electron chi connectivity index (χ1n) is 7.82. The summed E-state index contributed by atoms with van der Waals surface area (Å²) < 4.78 is 83.1. The molecule has 1 amide bonds. The molecule has 0 saturated carbocycles. The predicted octanol–water partition coefficient (Wildman–Crippen LogP) is 4.12. The molecule has 13 heteroatoms. The van der Waals surface area contributed by atoms with Gasteiger partial charge in [-0.1, -0.05) is 23.7 Å². The quantitative estimate of drug-likeness (QED) is 0.651. The number of nitrogens with zero attached hydrogens (tertiary/aromatic N) is 2. The van der Waals surface area contributed by atoms with Gasteiger partial charge in [0.05, 0.1) is 10.7 Å². The molecular weight excluding hydrogens is 432 g/mol. The molecule has 6 nitrogen and oxygen atoms in total. The Morgan fingerprint density at radius 3 is 2.31 bits per heavy atom.